The van der Waals surface area contributed by atoms with Crippen molar-refractivity contribution < 1.29 is 4.39 Å². The first-order chi connectivity index (χ1) is 14.1. The number of aromatic nitrogens is 5. The summed E-state index contributed by atoms with van der Waals surface area (Å²) in [6.07, 6.45) is 2.34. The lowest BCUT2D eigenvalue weighted by Gasteiger charge is -2.12. The molecule has 0 N–H and O–H groups in total. The molecular weight excluding hydrogens is 369 g/mol. The zero-order valence-electron chi connectivity index (χ0n) is 16.0. The van der Waals surface area contributed by atoms with Crippen LogP contribution in [0.1, 0.15) is 26.3 Å². The van der Waals surface area contributed by atoms with Crippen molar-refractivity contribution in [3.05, 3.63) is 71.0 Å². The van der Waals surface area contributed by atoms with E-state index in [0.717, 1.165) is 6.42 Å². The highest BCUT2D eigenvalue weighted by atomic mass is 19.1. The third kappa shape index (κ3) is 2.61. The Kier molecular flexibility index (Phi) is 3.91. The normalized spacial score (nSPS) is 12.8. The van der Waals surface area contributed by atoms with E-state index in [9.17, 15) is 9.18 Å². The van der Waals surface area contributed by atoms with Crippen molar-refractivity contribution in [2.75, 3.05) is 0 Å². The Bertz CT molecular complexity index is 1450. The fourth-order valence-electron chi connectivity index (χ4n) is 3.62. The van der Waals surface area contributed by atoms with E-state index in [-0.39, 0.29) is 17.4 Å². The molecule has 1 atom stereocenters. The summed E-state index contributed by atoms with van der Waals surface area (Å²) in [5.41, 5.74) is 3.13. The van der Waals surface area contributed by atoms with Crippen LogP contribution in [0.25, 0.3) is 38.9 Å². The SMILES string of the molecule is CC[C@@H](C)n1cnc2c(c1=O)c1nc3ccccc3nc1n2-c1cccc(F)c1. The Morgan fingerprint density at radius 1 is 1.03 bits per heavy atom. The lowest BCUT2D eigenvalue weighted by molar-refractivity contribution is 0.510. The first kappa shape index (κ1) is 17.5. The number of hydrogen-bond donors (Lipinski definition) is 0. The minimum Gasteiger partial charge on any atom is -0.296 e. The Labute approximate surface area is 165 Å². The largest absolute Gasteiger partial charge is 0.296 e. The highest BCUT2D eigenvalue weighted by molar-refractivity contribution is 6.05. The van der Waals surface area contributed by atoms with Gasteiger partial charge in [-0.1, -0.05) is 25.1 Å². The van der Waals surface area contributed by atoms with Crippen molar-refractivity contribution in [2.24, 2.45) is 0 Å². The molecule has 0 aliphatic carbocycles. The average molecular weight is 387 g/mol. The smallest absolute Gasteiger partial charge is 0.265 e. The number of para-hydroxylation sites is 2. The number of benzene rings is 2. The molecule has 3 aromatic heterocycles. The predicted octanol–water partition coefficient (Wildman–Crippen LogP) is 4.39. The molecule has 29 heavy (non-hydrogen) atoms. The minimum atomic E-state index is -0.376. The van der Waals surface area contributed by atoms with Crippen LogP contribution >= 0.6 is 0 Å². The van der Waals surface area contributed by atoms with Crippen LogP contribution in [0.15, 0.2) is 59.7 Å². The zero-order valence-corrected chi connectivity index (χ0v) is 16.0. The molecule has 0 unspecified atom stereocenters. The molecule has 6 nitrogen and oxygen atoms in total. The molecule has 0 saturated heterocycles. The summed E-state index contributed by atoms with van der Waals surface area (Å²) < 4.78 is 17.3. The van der Waals surface area contributed by atoms with E-state index in [0.29, 0.717) is 38.9 Å². The van der Waals surface area contributed by atoms with Crippen LogP contribution in [0.5, 0.6) is 0 Å². The van der Waals surface area contributed by atoms with Gasteiger partial charge in [0, 0.05) is 6.04 Å². The third-order valence-electron chi connectivity index (χ3n) is 5.32. The topological polar surface area (TPSA) is 65.6 Å². The van der Waals surface area contributed by atoms with Gasteiger partial charge in [0.1, 0.15) is 23.0 Å². The van der Waals surface area contributed by atoms with Crippen molar-refractivity contribution in [2.45, 2.75) is 26.3 Å². The van der Waals surface area contributed by atoms with Gasteiger partial charge in [-0.3, -0.25) is 13.9 Å². The summed E-state index contributed by atoms with van der Waals surface area (Å²) in [5.74, 6) is -0.376. The average Bonchev–Trinajstić information content (AvgIpc) is 3.05. The fraction of sp³-hybridized carbons (Fsp3) is 0.182. The maximum absolute atomic E-state index is 14.0. The quantitative estimate of drug-likeness (QED) is 0.460. The van der Waals surface area contributed by atoms with E-state index in [4.69, 9.17) is 9.97 Å². The van der Waals surface area contributed by atoms with Gasteiger partial charge in [0.25, 0.3) is 5.56 Å². The van der Waals surface area contributed by atoms with Crippen LogP contribution in [0.4, 0.5) is 4.39 Å². The number of nitrogens with zero attached hydrogens (tertiary/aromatic N) is 5. The predicted molar refractivity (Wildman–Crippen MR) is 111 cm³/mol. The van der Waals surface area contributed by atoms with Crippen molar-refractivity contribution in [3.63, 3.8) is 0 Å². The molecule has 0 aliphatic heterocycles. The second-order valence-electron chi connectivity index (χ2n) is 7.11. The maximum Gasteiger partial charge on any atom is 0.265 e. The Balaban J connectivity index is 2.00. The summed E-state index contributed by atoms with van der Waals surface area (Å²) in [6, 6.07) is 13.6. The molecule has 5 rings (SSSR count). The van der Waals surface area contributed by atoms with Crippen molar-refractivity contribution in [1.82, 2.24) is 24.1 Å². The summed E-state index contributed by atoms with van der Waals surface area (Å²) in [4.78, 5) is 27.4. The molecule has 0 bridgehead atoms. The molecule has 0 spiro atoms. The summed E-state index contributed by atoms with van der Waals surface area (Å²) in [5, 5.41) is 0.394. The summed E-state index contributed by atoms with van der Waals surface area (Å²) in [7, 11) is 0. The van der Waals surface area contributed by atoms with Gasteiger partial charge in [-0.05, 0) is 43.7 Å². The molecule has 7 heteroatoms. The van der Waals surface area contributed by atoms with Crippen molar-refractivity contribution in [1.29, 1.82) is 0 Å². The van der Waals surface area contributed by atoms with Gasteiger partial charge in [-0.15, -0.1) is 0 Å². The van der Waals surface area contributed by atoms with Gasteiger partial charge in [-0.25, -0.2) is 19.3 Å². The number of halogens is 1. The standard InChI is InChI=1S/C22H18FN5O/c1-3-13(2)27-12-24-20-18(22(27)29)19-21(26-17-10-5-4-9-16(17)25-19)28(20)15-8-6-7-14(23)11-15/h4-13H,3H2,1-2H3/t13-/m1/s1. The summed E-state index contributed by atoms with van der Waals surface area (Å²) in [6.45, 7) is 3.99. The zero-order chi connectivity index (χ0) is 20.1. The van der Waals surface area contributed by atoms with Gasteiger partial charge in [0.05, 0.1) is 16.7 Å². The molecule has 0 fully saturated rings. The van der Waals surface area contributed by atoms with Crippen molar-refractivity contribution >= 4 is 33.2 Å². The Hall–Kier alpha value is -3.61. The number of fused-ring (bicyclic) bond motifs is 4. The third-order valence-corrected chi connectivity index (χ3v) is 5.32. The van der Waals surface area contributed by atoms with Crippen molar-refractivity contribution in [3.8, 4) is 5.69 Å². The van der Waals surface area contributed by atoms with Gasteiger partial charge < -0.3 is 0 Å². The monoisotopic (exact) mass is 387 g/mol. The molecule has 0 amide bonds. The molecule has 144 valence electrons. The van der Waals surface area contributed by atoms with E-state index in [2.05, 4.69) is 4.98 Å². The lowest BCUT2D eigenvalue weighted by Crippen LogP contribution is -2.23. The van der Waals surface area contributed by atoms with Crippen LogP contribution in [-0.2, 0) is 0 Å². The molecule has 2 aromatic carbocycles. The fourth-order valence-corrected chi connectivity index (χ4v) is 3.62. The van der Waals surface area contributed by atoms with E-state index < -0.39 is 0 Å². The minimum absolute atomic E-state index is 0.000357. The molecule has 0 radical (unpaired) electrons. The second kappa shape index (κ2) is 6.48. The second-order valence-corrected chi connectivity index (χ2v) is 7.11. The van der Waals surface area contributed by atoms with Gasteiger partial charge in [0.15, 0.2) is 11.3 Å². The molecule has 0 aliphatic rings. The summed E-state index contributed by atoms with van der Waals surface area (Å²) >= 11 is 0. The Morgan fingerprint density at radius 3 is 2.52 bits per heavy atom. The first-order valence-electron chi connectivity index (χ1n) is 9.52. The first-order valence-corrected chi connectivity index (χ1v) is 9.52. The molecule has 5 aromatic rings. The van der Waals surface area contributed by atoms with E-state index in [1.807, 2.05) is 38.1 Å². The van der Waals surface area contributed by atoms with Gasteiger partial charge in [0.2, 0.25) is 0 Å². The number of hydrogen-bond acceptors (Lipinski definition) is 4. The molecule has 3 heterocycles. The molecular formula is C22H18FN5O. The van der Waals surface area contributed by atoms with Crippen LogP contribution in [0.3, 0.4) is 0 Å². The van der Waals surface area contributed by atoms with Crippen LogP contribution < -0.4 is 5.56 Å². The van der Waals surface area contributed by atoms with Crippen LogP contribution in [0, 0.1) is 5.82 Å². The Morgan fingerprint density at radius 2 is 1.79 bits per heavy atom. The highest BCUT2D eigenvalue weighted by Crippen LogP contribution is 2.28. The van der Waals surface area contributed by atoms with Gasteiger partial charge in [-0.2, -0.15) is 0 Å². The lowest BCUT2D eigenvalue weighted by atomic mass is 10.2. The molecule has 0 saturated carbocycles. The van der Waals surface area contributed by atoms with Crippen LogP contribution in [-0.4, -0.2) is 24.1 Å². The maximum atomic E-state index is 14.0. The van der Waals surface area contributed by atoms with E-state index in [1.54, 1.807) is 27.6 Å². The van der Waals surface area contributed by atoms with Gasteiger partial charge >= 0.3 is 0 Å². The van der Waals surface area contributed by atoms with E-state index >= 15 is 0 Å². The number of rotatable bonds is 3. The highest BCUT2D eigenvalue weighted by Gasteiger charge is 2.21. The van der Waals surface area contributed by atoms with E-state index in [1.165, 1.54) is 12.1 Å². The van der Waals surface area contributed by atoms with Crippen LogP contribution in [0.2, 0.25) is 0 Å².